The number of aryl methyl sites for hydroxylation is 7. The Labute approximate surface area is 848 Å². The van der Waals surface area contributed by atoms with Crippen molar-refractivity contribution >= 4 is 109 Å². The summed E-state index contributed by atoms with van der Waals surface area (Å²) < 4.78 is 80.0. The lowest BCUT2D eigenvalue weighted by atomic mass is 9.87. The molecule has 8 nitrogen and oxygen atoms in total. The van der Waals surface area contributed by atoms with E-state index in [1.807, 2.05) is 36.4 Å². The van der Waals surface area contributed by atoms with Crippen LogP contribution in [0.4, 0.5) is 24.5 Å². The van der Waals surface area contributed by atoms with E-state index in [1.54, 1.807) is 6.07 Å². The molecule has 0 fully saturated rings. The molecule has 722 valence electrons. The van der Waals surface area contributed by atoms with Gasteiger partial charge in [-0.15, -0.1) is 0 Å². The maximum Gasteiger partial charge on any atom is 0.534 e. The van der Waals surface area contributed by atoms with Gasteiger partial charge in [0.25, 0.3) is 0 Å². The second-order valence-corrected chi connectivity index (χ2v) is 40.8. The summed E-state index contributed by atoms with van der Waals surface area (Å²) in [6, 6.07) is 140. The number of aromatic nitrogens is 4. The van der Waals surface area contributed by atoms with Gasteiger partial charge in [-0.1, -0.05) is 338 Å². The Hall–Kier alpha value is -15.5. The number of fused-ring (bicyclic) bond motifs is 12. The van der Waals surface area contributed by atoms with Gasteiger partial charge in [-0.3, -0.25) is 0 Å². The maximum absolute atomic E-state index is 13.7. The fraction of sp³-hybridized carbons (Fsp3) is 0.188. The zero-order chi connectivity index (χ0) is 99.4. The molecule has 0 saturated carbocycles. The number of hydrogen-bond acceptors (Lipinski definition) is 4. The number of rotatable bonds is 32. The number of nitrogens with one attached hydrogen (secondary N) is 1. The van der Waals surface area contributed by atoms with Crippen molar-refractivity contribution in [3.05, 3.63) is 438 Å². The van der Waals surface area contributed by atoms with Crippen molar-refractivity contribution in [3.8, 4) is 95.3 Å². The number of unbranched alkanes of at least 4 members (excludes halogenated alkanes) is 8. The van der Waals surface area contributed by atoms with E-state index in [0.29, 0.717) is 10.9 Å². The van der Waals surface area contributed by atoms with Crippen molar-refractivity contribution in [1.29, 1.82) is 0 Å². The van der Waals surface area contributed by atoms with Gasteiger partial charge < -0.3 is 27.8 Å². The number of nitrogens with zero attached hydrogens (tertiary/aromatic N) is 4. The molecule has 0 saturated heterocycles. The lowest BCUT2D eigenvalue weighted by Gasteiger charge is -2.17. The first kappa shape index (κ1) is 95.7. The van der Waals surface area contributed by atoms with Crippen LogP contribution in [0.1, 0.15) is 155 Å². The lowest BCUT2D eigenvalue weighted by Crippen LogP contribution is -2.28. The summed E-state index contributed by atoms with van der Waals surface area (Å²) in [6.45, 7) is 15.4. The topological polar surface area (TPSA) is 75.1 Å². The molecule has 0 bridgehead atoms. The van der Waals surface area contributed by atoms with Crippen molar-refractivity contribution in [2.24, 2.45) is 0 Å². The maximum atomic E-state index is 13.7. The molecular weight excluding hydrogens is 1800 g/mol. The third kappa shape index (κ3) is 19.3. The summed E-state index contributed by atoms with van der Waals surface area (Å²) >= 11 is 0. The molecule has 18 aromatic carbocycles. The fourth-order valence-corrected chi connectivity index (χ4v) is 22.4. The molecule has 0 unspecified atom stereocenters. The van der Waals surface area contributed by atoms with E-state index in [9.17, 15) is 21.6 Å². The van der Waals surface area contributed by atoms with Crippen LogP contribution in [0.3, 0.4) is 0 Å². The number of alkyl halides is 3. The molecule has 22 aromatic rings. The summed E-state index contributed by atoms with van der Waals surface area (Å²) in [5, 5.41) is 12.4. The highest BCUT2D eigenvalue weighted by Gasteiger charge is 2.49. The molecule has 4 heterocycles. The molecule has 22 rings (SSSR count). The summed E-state index contributed by atoms with van der Waals surface area (Å²) in [7, 11) is -5.93. The molecular formula is C133H120F3N5O3S. The largest absolute Gasteiger partial charge is 0.534 e. The Morgan fingerprint density at radius 1 is 0.248 bits per heavy atom. The number of halogens is 3. The molecule has 0 amide bonds. The molecule has 12 heteroatoms. The van der Waals surface area contributed by atoms with Crippen LogP contribution in [-0.2, 0) is 42.2 Å². The molecule has 0 radical (unpaired) electrons. The Bertz CT molecular complexity index is 8380. The highest BCUT2D eigenvalue weighted by molar-refractivity contribution is 7.88. The van der Waals surface area contributed by atoms with Gasteiger partial charge in [0, 0.05) is 77.2 Å². The molecule has 0 spiro atoms. The van der Waals surface area contributed by atoms with Crippen molar-refractivity contribution in [2.45, 2.75) is 163 Å². The van der Waals surface area contributed by atoms with E-state index in [-0.39, 0.29) is 0 Å². The Morgan fingerprint density at radius 2 is 0.517 bits per heavy atom. The SMILES string of the molecule is CCCCCc1ccc(-n2c3ccc(C)cc3c3c(-c4ccccc4-c4ccccc4-c4cccc5c4c4cc(OS(=O)(=O)C(F)(F)F)ccc4n5-c4ccc(CCCCC)cc4)cccc32)cc1.CCCCCc1ccc(-n2c3ccc(Cc4ccc(C)cc4)cc3c3c(-c4ccccc4-c4ccccc4-c4cccc5c4c4cc(Nc6ccc(C)cc6)ccc4n5-c4ccc(CCCCC)cc4)cccc32)cc1. The summed E-state index contributed by atoms with van der Waals surface area (Å²) in [6.07, 6.45) is 19.5. The van der Waals surface area contributed by atoms with Gasteiger partial charge in [-0.05, 0) is 324 Å². The van der Waals surface area contributed by atoms with Crippen molar-refractivity contribution in [3.63, 3.8) is 0 Å². The quantitative estimate of drug-likeness (QED) is 0.0259. The Morgan fingerprint density at radius 3 is 0.862 bits per heavy atom. The van der Waals surface area contributed by atoms with Crippen molar-refractivity contribution < 1.29 is 25.8 Å². The highest BCUT2D eigenvalue weighted by Crippen LogP contribution is 2.51. The highest BCUT2D eigenvalue weighted by atomic mass is 32.2. The van der Waals surface area contributed by atoms with Crippen LogP contribution < -0.4 is 9.50 Å². The van der Waals surface area contributed by atoms with Crippen LogP contribution in [0.5, 0.6) is 5.75 Å². The lowest BCUT2D eigenvalue weighted by molar-refractivity contribution is -0.0500. The van der Waals surface area contributed by atoms with Gasteiger partial charge in [0.15, 0.2) is 0 Å². The fourth-order valence-electron chi connectivity index (χ4n) is 22.0. The van der Waals surface area contributed by atoms with E-state index < -0.39 is 21.4 Å². The van der Waals surface area contributed by atoms with Crippen LogP contribution in [0, 0.1) is 20.8 Å². The summed E-state index contributed by atoms with van der Waals surface area (Å²) in [5.74, 6) is -0.427. The van der Waals surface area contributed by atoms with Gasteiger partial charge in [-0.25, -0.2) is 0 Å². The Kier molecular flexibility index (Phi) is 27.6. The van der Waals surface area contributed by atoms with E-state index >= 15 is 0 Å². The summed E-state index contributed by atoms with van der Waals surface area (Å²) in [4.78, 5) is 0. The smallest absolute Gasteiger partial charge is 0.376 e. The zero-order valence-corrected chi connectivity index (χ0v) is 84.3. The first-order valence-corrected chi connectivity index (χ1v) is 53.2. The Balaban J connectivity index is 0.000000172. The predicted octanol–water partition coefficient (Wildman–Crippen LogP) is 37.2. The third-order valence-electron chi connectivity index (χ3n) is 29.2. The number of hydrogen-bond donors (Lipinski definition) is 1. The molecule has 1 N–H and O–H groups in total. The van der Waals surface area contributed by atoms with Gasteiger partial charge in [-0.2, -0.15) is 21.6 Å². The molecule has 0 aliphatic carbocycles. The first-order chi connectivity index (χ1) is 70.9. The van der Waals surface area contributed by atoms with Gasteiger partial charge in [0.1, 0.15) is 5.75 Å². The third-order valence-corrected chi connectivity index (χ3v) is 30.2. The minimum absolute atomic E-state index is 0.427. The van der Waals surface area contributed by atoms with E-state index in [4.69, 9.17) is 4.18 Å². The second kappa shape index (κ2) is 41.8. The molecule has 145 heavy (non-hydrogen) atoms. The van der Waals surface area contributed by atoms with E-state index in [1.165, 1.54) is 208 Å². The summed E-state index contributed by atoms with van der Waals surface area (Å²) in [5.41, 5.74) is 34.2. The van der Waals surface area contributed by atoms with Gasteiger partial charge in [0.05, 0.1) is 44.1 Å². The molecule has 4 aromatic heterocycles. The second-order valence-electron chi connectivity index (χ2n) is 39.2. The predicted molar refractivity (Wildman–Crippen MR) is 605 cm³/mol. The first-order valence-electron chi connectivity index (χ1n) is 51.8. The van der Waals surface area contributed by atoms with Crippen LogP contribution in [0.15, 0.2) is 388 Å². The van der Waals surface area contributed by atoms with Crippen LogP contribution in [-0.4, -0.2) is 32.2 Å². The standard InChI is InChI=1S/C73H67N3.C60H53F3N2O3S/c1-5-7-9-17-52-33-41-58(42-34-52)75-68-45-37-55(47-54-31-27-50(3)28-32-54)48-66(68)72-64(23-15-25-70(72)75)62-21-13-11-19-60(62)61-20-12-14-22-63(61)65-24-16-26-71-73(65)67-49-57(74-56-38-29-51(4)30-39-56)40-46-69(67)76(71)59-43-35-53(36-44-59)18-10-8-6-2;1-4-6-8-16-41-27-31-43(32-28-41)64-54-36-26-40(3)38-52(54)58-50(22-14-24-56(58)64)48-20-12-10-18-46(48)47-19-11-13-21-49(47)51-23-15-25-57-59(51)53-39-45(68-69(66,67)60(61,62)63)35-37-55(53)65(57)44-33-29-42(30-34-44)17-9-7-5-2/h11-16,19-46,48-49,74H,5-10,17-18,47H2,1-4H3;10-15,18-39H,4-9,16-17H2,1-3H3. The molecule has 0 atom stereocenters. The zero-order valence-electron chi connectivity index (χ0n) is 83.5. The molecule has 0 aliphatic rings. The minimum Gasteiger partial charge on any atom is -0.376 e. The van der Waals surface area contributed by atoms with E-state index in [2.05, 4.69) is 406 Å². The van der Waals surface area contributed by atoms with E-state index in [0.717, 1.165) is 140 Å². The number of benzene rings is 18. The molecule has 0 aliphatic heterocycles. The van der Waals surface area contributed by atoms with Crippen molar-refractivity contribution in [2.75, 3.05) is 5.32 Å². The normalized spacial score (nSPS) is 11.9. The van der Waals surface area contributed by atoms with Crippen LogP contribution in [0.2, 0.25) is 0 Å². The monoisotopic (exact) mass is 1920 g/mol. The van der Waals surface area contributed by atoms with Crippen LogP contribution in [0.25, 0.3) is 177 Å². The minimum atomic E-state index is -5.93. The average molecular weight is 1930 g/mol. The van der Waals surface area contributed by atoms with Gasteiger partial charge in [0.2, 0.25) is 0 Å². The van der Waals surface area contributed by atoms with Crippen molar-refractivity contribution in [1.82, 2.24) is 18.3 Å². The van der Waals surface area contributed by atoms with Crippen LogP contribution >= 0.6 is 0 Å². The number of anilines is 2. The average Bonchev–Trinajstić information content (AvgIpc) is 1.58. The van der Waals surface area contributed by atoms with Gasteiger partial charge >= 0.3 is 15.6 Å².